The van der Waals surface area contributed by atoms with Crippen molar-refractivity contribution in [3.05, 3.63) is 54.1 Å². The van der Waals surface area contributed by atoms with Gasteiger partial charge in [0, 0.05) is 49.8 Å². The van der Waals surface area contributed by atoms with E-state index >= 15 is 0 Å². The molecule has 2 aromatic carbocycles. The third-order valence-electron chi connectivity index (χ3n) is 4.50. The summed E-state index contributed by atoms with van der Waals surface area (Å²) in [5, 5.41) is 3.45. The topological polar surface area (TPSA) is 44.5 Å². The van der Waals surface area contributed by atoms with Crippen LogP contribution in [0, 0.1) is 0 Å². The summed E-state index contributed by atoms with van der Waals surface area (Å²) in [5.74, 6) is 0. The van der Waals surface area contributed by atoms with Gasteiger partial charge in [-0.25, -0.2) is 0 Å². The largest absolute Gasteiger partial charge is 0.399 e. The molecule has 1 fully saturated rings. The molecule has 1 aliphatic heterocycles. The molecule has 0 radical (unpaired) electrons. The molecule has 4 heteroatoms. The van der Waals surface area contributed by atoms with Crippen molar-refractivity contribution < 1.29 is 0 Å². The van der Waals surface area contributed by atoms with Gasteiger partial charge in [0.25, 0.3) is 0 Å². The second-order valence-electron chi connectivity index (χ2n) is 6.07. The second kappa shape index (κ2) is 7.38. The normalized spacial score (nSPS) is 15.6. The molecule has 1 aliphatic rings. The van der Waals surface area contributed by atoms with Crippen molar-refractivity contribution in [1.82, 2.24) is 4.90 Å². The molecule has 0 aromatic heterocycles. The predicted octanol–water partition coefficient (Wildman–Crippen LogP) is 3.02. The molecule has 0 bridgehead atoms. The highest BCUT2D eigenvalue weighted by atomic mass is 15.3. The summed E-state index contributed by atoms with van der Waals surface area (Å²) in [5.41, 5.74) is 10.3. The first-order valence-electron chi connectivity index (χ1n) is 8.40. The number of anilines is 3. The van der Waals surface area contributed by atoms with E-state index in [0.29, 0.717) is 0 Å². The van der Waals surface area contributed by atoms with Crippen LogP contribution in [0.4, 0.5) is 17.1 Å². The van der Waals surface area contributed by atoms with Crippen molar-refractivity contribution in [1.29, 1.82) is 0 Å². The van der Waals surface area contributed by atoms with E-state index in [4.69, 9.17) is 5.73 Å². The zero-order valence-corrected chi connectivity index (χ0v) is 13.8. The maximum absolute atomic E-state index is 5.81. The van der Waals surface area contributed by atoms with Gasteiger partial charge in [0.05, 0.1) is 0 Å². The number of hydrogen-bond acceptors (Lipinski definition) is 4. The van der Waals surface area contributed by atoms with Gasteiger partial charge >= 0.3 is 0 Å². The van der Waals surface area contributed by atoms with Crippen molar-refractivity contribution in [2.75, 3.05) is 48.7 Å². The lowest BCUT2D eigenvalue weighted by Crippen LogP contribution is -2.46. The van der Waals surface area contributed by atoms with Crippen molar-refractivity contribution in [2.24, 2.45) is 0 Å². The molecule has 0 aliphatic carbocycles. The van der Waals surface area contributed by atoms with Gasteiger partial charge in [-0.2, -0.15) is 0 Å². The number of rotatable bonds is 5. The zero-order valence-electron chi connectivity index (χ0n) is 13.8. The van der Waals surface area contributed by atoms with Crippen molar-refractivity contribution in [3.8, 4) is 0 Å². The average molecular weight is 310 g/mol. The maximum Gasteiger partial charge on any atom is 0.0401 e. The van der Waals surface area contributed by atoms with Crippen LogP contribution in [0.3, 0.4) is 0 Å². The molecule has 2 aromatic rings. The molecule has 3 N–H and O–H groups in total. The summed E-state index contributed by atoms with van der Waals surface area (Å²) in [6.45, 7) is 8.72. The van der Waals surface area contributed by atoms with Crippen molar-refractivity contribution in [2.45, 2.75) is 13.5 Å². The third-order valence-corrected chi connectivity index (χ3v) is 4.50. The summed E-state index contributed by atoms with van der Waals surface area (Å²) >= 11 is 0. The first-order valence-corrected chi connectivity index (χ1v) is 8.40. The Labute approximate surface area is 138 Å². The lowest BCUT2D eigenvalue weighted by molar-refractivity contribution is 0.271. The summed E-state index contributed by atoms with van der Waals surface area (Å²) in [6.07, 6.45) is 0. The van der Waals surface area contributed by atoms with E-state index in [0.717, 1.165) is 50.6 Å². The quantitative estimate of drug-likeness (QED) is 0.833. The standard InChI is InChI=1S/C19H26N4/c1-2-22-10-12-23(13-11-22)19-8-6-18(7-9-19)21-15-16-4-3-5-17(20)14-16/h3-9,14,21H,2,10-13,15,20H2,1H3. The van der Waals surface area contributed by atoms with Crippen LogP contribution in [0.15, 0.2) is 48.5 Å². The molecule has 1 heterocycles. The molecular formula is C19H26N4. The highest BCUT2D eigenvalue weighted by Gasteiger charge is 2.15. The molecule has 0 atom stereocenters. The third kappa shape index (κ3) is 4.17. The SMILES string of the molecule is CCN1CCN(c2ccc(NCc3cccc(N)c3)cc2)CC1. The average Bonchev–Trinajstić information content (AvgIpc) is 2.61. The monoisotopic (exact) mass is 310 g/mol. The predicted molar refractivity (Wildman–Crippen MR) is 99.0 cm³/mol. The van der Waals surface area contributed by atoms with E-state index in [-0.39, 0.29) is 0 Å². The molecule has 0 saturated carbocycles. The first-order chi connectivity index (χ1) is 11.2. The number of benzene rings is 2. The fraction of sp³-hybridized carbons (Fsp3) is 0.368. The number of nitrogens with two attached hydrogens (primary N) is 1. The Balaban J connectivity index is 1.55. The molecule has 1 saturated heterocycles. The van der Waals surface area contributed by atoms with E-state index in [2.05, 4.69) is 52.4 Å². The molecule has 23 heavy (non-hydrogen) atoms. The number of nitrogen functional groups attached to an aromatic ring is 1. The summed E-state index contributed by atoms with van der Waals surface area (Å²) < 4.78 is 0. The van der Waals surface area contributed by atoms with Crippen LogP contribution in [0.1, 0.15) is 12.5 Å². The van der Waals surface area contributed by atoms with Crippen LogP contribution < -0.4 is 16.0 Å². The van der Waals surface area contributed by atoms with E-state index in [1.54, 1.807) is 0 Å². The lowest BCUT2D eigenvalue weighted by atomic mass is 10.2. The number of nitrogens with zero attached hydrogens (tertiary/aromatic N) is 2. The van der Waals surface area contributed by atoms with Gasteiger partial charge in [0.15, 0.2) is 0 Å². The summed E-state index contributed by atoms with van der Waals surface area (Å²) in [6, 6.07) is 16.7. The molecule has 4 nitrogen and oxygen atoms in total. The zero-order chi connectivity index (χ0) is 16.1. The van der Waals surface area contributed by atoms with Gasteiger partial charge in [-0.05, 0) is 48.5 Å². The van der Waals surface area contributed by atoms with Crippen LogP contribution in [-0.4, -0.2) is 37.6 Å². The highest BCUT2D eigenvalue weighted by molar-refractivity contribution is 5.55. The Bertz CT molecular complexity index is 616. The molecule has 122 valence electrons. The van der Waals surface area contributed by atoms with Gasteiger partial charge in [0.2, 0.25) is 0 Å². The first kappa shape index (κ1) is 15.7. The van der Waals surface area contributed by atoms with E-state index in [9.17, 15) is 0 Å². The minimum Gasteiger partial charge on any atom is -0.399 e. The van der Waals surface area contributed by atoms with E-state index in [1.165, 1.54) is 11.3 Å². The second-order valence-corrected chi connectivity index (χ2v) is 6.07. The summed E-state index contributed by atoms with van der Waals surface area (Å²) in [7, 11) is 0. The number of hydrogen-bond donors (Lipinski definition) is 2. The number of likely N-dealkylation sites (N-methyl/N-ethyl adjacent to an activating group) is 1. The van der Waals surface area contributed by atoms with Crippen LogP contribution in [-0.2, 0) is 6.54 Å². The van der Waals surface area contributed by atoms with Gasteiger partial charge in [-0.3, -0.25) is 0 Å². The van der Waals surface area contributed by atoms with Crippen LogP contribution >= 0.6 is 0 Å². The molecule has 0 unspecified atom stereocenters. The van der Waals surface area contributed by atoms with Gasteiger partial charge in [0.1, 0.15) is 0 Å². The molecular weight excluding hydrogens is 284 g/mol. The van der Waals surface area contributed by atoms with Crippen LogP contribution in [0.5, 0.6) is 0 Å². The number of piperazine rings is 1. The molecule has 0 amide bonds. The van der Waals surface area contributed by atoms with Crippen LogP contribution in [0.25, 0.3) is 0 Å². The van der Waals surface area contributed by atoms with Crippen molar-refractivity contribution >= 4 is 17.1 Å². The maximum atomic E-state index is 5.81. The Morgan fingerprint density at radius 2 is 1.74 bits per heavy atom. The minimum absolute atomic E-state index is 0.791. The Kier molecular flexibility index (Phi) is 5.03. The fourth-order valence-electron chi connectivity index (χ4n) is 3.02. The Morgan fingerprint density at radius 3 is 2.39 bits per heavy atom. The van der Waals surface area contributed by atoms with E-state index in [1.807, 2.05) is 18.2 Å². The summed E-state index contributed by atoms with van der Waals surface area (Å²) in [4.78, 5) is 4.96. The fourth-order valence-corrected chi connectivity index (χ4v) is 3.02. The number of nitrogens with one attached hydrogen (secondary N) is 1. The van der Waals surface area contributed by atoms with Crippen molar-refractivity contribution in [3.63, 3.8) is 0 Å². The lowest BCUT2D eigenvalue weighted by Gasteiger charge is -2.35. The molecule has 0 spiro atoms. The van der Waals surface area contributed by atoms with Crippen LogP contribution in [0.2, 0.25) is 0 Å². The van der Waals surface area contributed by atoms with Gasteiger partial charge in [-0.1, -0.05) is 19.1 Å². The minimum atomic E-state index is 0.791. The Hall–Kier alpha value is -2.20. The van der Waals surface area contributed by atoms with Gasteiger partial charge in [-0.15, -0.1) is 0 Å². The smallest absolute Gasteiger partial charge is 0.0401 e. The highest BCUT2D eigenvalue weighted by Crippen LogP contribution is 2.20. The molecule has 3 rings (SSSR count). The Morgan fingerprint density at radius 1 is 1.00 bits per heavy atom. The van der Waals surface area contributed by atoms with Gasteiger partial charge < -0.3 is 20.9 Å². The van der Waals surface area contributed by atoms with E-state index < -0.39 is 0 Å².